The van der Waals surface area contributed by atoms with Gasteiger partial charge in [-0.05, 0) is 78.6 Å². The van der Waals surface area contributed by atoms with Gasteiger partial charge in [-0.25, -0.2) is 13.6 Å². The van der Waals surface area contributed by atoms with Crippen molar-refractivity contribution in [1.29, 1.82) is 0 Å². The quantitative estimate of drug-likeness (QED) is 0.0671. The first-order valence-electron chi connectivity index (χ1n) is 19.9. The molecule has 2 aliphatic heterocycles. The second kappa shape index (κ2) is 20.0. The van der Waals surface area contributed by atoms with E-state index < -0.39 is 33.9 Å². The Bertz CT molecular complexity index is 2380. The number of nitrogens with zero attached hydrogens (tertiary/aromatic N) is 2. The SMILES string of the molecule is Cc1ccc(S(=O)(=O)OCCN2C(=O)COc3ccc(COC4CN(C(=O)OCc5ccccc5)CCC4c4ccc(OCCCOc5cc(F)ccc5F)cc4)cc32)cc1. The summed E-state index contributed by atoms with van der Waals surface area (Å²) in [7, 11) is -4.04. The number of rotatable bonds is 17. The van der Waals surface area contributed by atoms with Crippen LogP contribution in [0, 0.1) is 18.6 Å². The Hall–Kier alpha value is -6.03. The van der Waals surface area contributed by atoms with Crippen LogP contribution in [0.4, 0.5) is 19.3 Å². The van der Waals surface area contributed by atoms with Crippen molar-refractivity contribution in [3.8, 4) is 17.2 Å². The summed E-state index contributed by atoms with van der Waals surface area (Å²) in [6.45, 7) is 2.75. The van der Waals surface area contributed by atoms with Crippen LogP contribution < -0.4 is 19.1 Å². The van der Waals surface area contributed by atoms with Crippen molar-refractivity contribution in [2.24, 2.45) is 0 Å². The Morgan fingerprint density at radius 2 is 1.61 bits per heavy atom. The summed E-state index contributed by atoms with van der Waals surface area (Å²) >= 11 is 0. The predicted molar refractivity (Wildman–Crippen MR) is 221 cm³/mol. The highest BCUT2D eigenvalue weighted by atomic mass is 32.2. The lowest BCUT2D eigenvalue weighted by Gasteiger charge is -2.38. The van der Waals surface area contributed by atoms with Crippen molar-refractivity contribution < 1.29 is 54.7 Å². The van der Waals surface area contributed by atoms with Crippen LogP contribution in [0.15, 0.2) is 120 Å². The molecule has 0 N–H and O–H groups in total. The molecular formula is C46H46F2N2O10S. The molecule has 7 rings (SSSR count). The van der Waals surface area contributed by atoms with E-state index in [9.17, 15) is 26.8 Å². The number of fused-ring (bicyclic) bond motifs is 1. The van der Waals surface area contributed by atoms with Gasteiger partial charge in [-0.2, -0.15) is 8.42 Å². The molecule has 1 fully saturated rings. The van der Waals surface area contributed by atoms with Gasteiger partial charge >= 0.3 is 6.09 Å². The van der Waals surface area contributed by atoms with Crippen LogP contribution in [-0.2, 0) is 41.8 Å². The Morgan fingerprint density at radius 1 is 0.836 bits per heavy atom. The monoisotopic (exact) mass is 856 g/mol. The van der Waals surface area contributed by atoms with Gasteiger partial charge in [0.05, 0.1) is 56.2 Å². The van der Waals surface area contributed by atoms with Gasteiger partial charge in [0.1, 0.15) is 23.9 Å². The first-order chi connectivity index (χ1) is 29.5. The van der Waals surface area contributed by atoms with Gasteiger partial charge in [0, 0.05) is 24.9 Å². The molecule has 2 heterocycles. The van der Waals surface area contributed by atoms with Crippen LogP contribution in [0.25, 0.3) is 0 Å². The number of hydrogen-bond donors (Lipinski definition) is 0. The van der Waals surface area contributed by atoms with Gasteiger partial charge in [0.15, 0.2) is 18.2 Å². The molecule has 61 heavy (non-hydrogen) atoms. The van der Waals surface area contributed by atoms with Gasteiger partial charge in [-0.3, -0.25) is 8.98 Å². The van der Waals surface area contributed by atoms with E-state index in [1.165, 1.54) is 17.0 Å². The molecular weight excluding hydrogens is 811 g/mol. The number of anilines is 1. The van der Waals surface area contributed by atoms with Crippen molar-refractivity contribution >= 4 is 27.8 Å². The average molecular weight is 857 g/mol. The zero-order chi connectivity index (χ0) is 42.8. The largest absolute Gasteiger partial charge is 0.493 e. The number of benzene rings is 5. The standard InChI is InChI=1S/C46H46F2N2O10S/c1-32-8-16-38(17-9-32)61(53,54)60-25-22-50-41-26-34(10-19-42(41)58-31-45(50)51)30-57-44-28-49(46(52)59-29-33-6-3-2-4-7-33)21-20-39(44)35-11-14-37(15-12-35)55-23-5-24-56-43-27-36(47)13-18-40(43)48/h2-4,6-19,26-27,39,44H,5,20-25,28-31H2,1H3. The summed E-state index contributed by atoms with van der Waals surface area (Å²) in [6, 6.07) is 31.8. The first-order valence-corrected chi connectivity index (χ1v) is 21.3. The minimum atomic E-state index is -4.04. The molecule has 2 atom stereocenters. The number of carbonyl (C=O) groups is 2. The summed E-state index contributed by atoms with van der Waals surface area (Å²) in [6.07, 6.45) is 0.133. The zero-order valence-corrected chi connectivity index (χ0v) is 34.4. The highest BCUT2D eigenvalue weighted by Gasteiger charge is 2.34. The molecule has 0 bridgehead atoms. The molecule has 0 radical (unpaired) electrons. The Labute approximate surface area is 353 Å². The van der Waals surface area contributed by atoms with E-state index in [-0.39, 0.29) is 68.6 Å². The molecule has 0 spiro atoms. The molecule has 5 aromatic rings. The van der Waals surface area contributed by atoms with Crippen molar-refractivity contribution in [3.05, 3.63) is 149 Å². The molecule has 15 heteroatoms. The summed E-state index contributed by atoms with van der Waals surface area (Å²) in [5, 5.41) is 0. The van der Waals surface area contributed by atoms with Crippen molar-refractivity contribution in [2.45, 2.75) is 49.9 Å². The van der Waals surface area contributed by atoms with E-state index >= 15 is 0 Å². The third-order valence-corrected chi connectivity index (χ3v) is 11.7. The second-order valence-electron chi connectivity index (χ2n) is 14.7. The lowest BCUT2D eigenvalue weighted by molar-refractivity contribution is -0.121. The topological polar surface area (TPSA) is 130 Å². The van der Waals surface area contributed by atoms with E-state index in [4.69, 9.17) is 27.9 Å². The van der Waals surface area contributed by atoms with Crippen LogP contribution in [-0.4, -0.2) is 77.5 Å². The maximum atomic E-state index is 13.9. The van der Waals surface area contributed by atoms with E-state index in [1.54, 1.807) is 29.2 Å². The maximum Gasteiger partial charge on any atom is 0.410 e. The third kappa shape index (κ3) is 11.4. The van der Waals surface area contributed by atoms with Crippen molar-refractivity contribution in [1.82, 2.24) is 4.90 Å². The Balaban J connectivity index is 0.997. The number of aryl methyl sites for hydroxylation is 1. The summed E-state index contributed by atoms with van der Waals surface area (Å²) < 4.78 is 87.4. The molecule has 0 aliphatic carbocycles. The minimum absolute atomic E-state index is 0.0281. The molecule has 320 valence electrons. The van der Waals surface area contributed by atoms with Crippen LogP contribution in [0.3, 0.4) is 0 Å². The molecule has 12 nitrogen and oxygen atoms in total. The van der Waals surface area contributed by atoms with Gasteiger partial charge in [-0.1, -0.05) is 66.2 Å². The number of likely N-dealkylation sites (tertiary alicyclic amines) is 1. The second-order valence-corrected chi connectivity index (χ2v) is 16.3. The van der Waals surface area contributed by atoms with E-state index in [2.05, 4.69) is 0 Å². The normalized spacial score (nSPS) is 16.4. The fourth-order valence-corrected chi connectivity index (χ4v) is 7.97. The smallest absolute Gasteiger partial charge is 0.410 e. The molecule has 2 aliphatic rings. The molecule has 0 aromatic heterocycles. The van der Waals surface area contributed by atoms with Crippen LogP contribution in [0.2, 0.25) is 0 Å². The van der Waals surface area contributed by atoms with Crippen LogP contribution in [0.1, 0.15) is 41.0 Å². The van der Waals surface area contributed by atoms with Crippen molar-refractivity contribution in [2.75, 3.05) is 51.0 Å². The molecule has 1 saturated heterocycles. The van der Waals surface area contributed by atoms with Crippen LogP contribution >= 0.6 is 0 Å². The third-order valence-electron chi connectivity index (χ3n) is 10.3. The number of hydrogen-bond acceptors (Lipinski definition) is 10. The summed E-state index contributed by atoms with van der Waals surface area (Å²) in [5.41, 5.74) is 3.95. The lowest BCUT2D eigenvalue weighted by atomic mass is 9.87. The van der Waals surface area contributed by atoms with Gasteiger partial charge < -0.3 is 33.5 Å². The van der Waals surface area contributed by atoms with Crippen molar-refractivity contribution in [3.63, 3.8) is 0 Å². The van der Waals surface area contributed by atoms with Gasteiger partial charge in [0.25, 0.3) is 16.0 Å². The number of ether oxygens (including phenoxy) is 5. The Morgan fingerprint density at radius 3 is 2.39 bits per heavy atom. The van der Waals surface area contributed by atoms with Gasteiger partial charge in [-0.15, -0.1) is 0 Å². The number of carbonyl (C=O) groups excluding carboxylic acids is 2. The molecule has 0 saturated carbocycles. The minimum Gasteiger partial charge on any atom is -0.493 e. The fourth-order valence-electron chi connectivity index (χ4n) is 7.07. The number of halogens is 2. The Kier molecular flexibility index (Phi) is 14.1. The molecule has 2 unspecified atom stereocenters. The highest BCUT2D eigenvalue weighted by Crippen LogP contribution is 2.36. The van der Waals surface area contributed by atoms with E-state index in [0.717, 1.165) is 40.5 Å². The molecule has 2 amide bonds. The maximum absolute atomic E-state index is 13.9. The molecule has 5 aromatic carbocycles. The van der Waals surface area contributed by atoms with Gasteiger partial charge in [0.2, 0.25) is 0 Å². The lowest BCUT2D eigenvalue weighted by Crippen LogP contribution is -2.47. The fraction of sp³-hybridized carbons (Fsp3) is 0.304. The predicted octanol–water partition coefficient (Wildman–Crippen LogP) is 7.96. The number of piperidine rings is 1. The van der Waals surface area contributed by atoms with Crippen LogP contribution in [0.5, 0.6) is 17.2 Å². The first kappa shape index (κ1) is 43.1. The van der Waals surface area contributed by atoms with E-state index in [1.807, 2.05) is 67.6 Å². The number of amides is 2. The highest BCUT2D eigenvalue weighted by molar-refractivity contribution is 7.86. The average Bonchev–Trinajstić information content (AvgIpc) is 3.27. The summed E-state index contributed by atoms with van der Waals surface area (Å²) in [4.78, 5) is 29.5. The van der Waals surface area contributed by atoms with E-state index in [0.29, 0.717) is 43.2 Å². The zero-order valence-electron chi connectivity index (χ0n) is 33.5. The summed E-state index contributed by atoms with van der Waals surface area (Å²) in [5.74, 6) is -0.738.